The Kier molecular flexibility index (Phi) is 3.11. The second-order valence-corrected chi connectivity index (χ2v) is 8.80. The van der Waals surface area contributed by atoms with Crippen molar-refractivity contribution in [1.82, 2.24) is 15.1 Å². The molecule has 1 atom stereocenters. The molecule has 6 rings (SSSR count). The van der Waals surface area contributed by atoms with Crippen LogP contribution in [0, 0.1) is 23.2 Å². The summed E-state index contributed by atoms with van der Waals surface area (Å²) in [5, 5.41) is 7.21. The minimum atomic E-state index is 0.0185. The van der Waals surface area contributed by atoms with Gasteiger partial charge in [-0.2, -0.15) is 5.10 Å². The van der Waals surface area contributed by atoms with E-state index in [4.69, 9.17) is 0 Å². The number of hydrogen-bond acceptors (Lipinski definition) is 2. The van der Waals surface area contributed by atoms with Crippen LogP contribution in [0.2, 0.25) is 0 Å². The van der Waals surface area contributed by atoms with Crippen LogP contribution in [0.15, 0.2) is 12.3 Å². The molecule has 2 heterocycles. The van der Waals surface area contributed by atoms with Gasteiger partial charge in [-0.25, -0.2) is 0 Å². The van der Waals surface area contributed by atoms with Gasteiger partial charge in [0.25, 0.3) is 0 Å². The van der Waals surface area contributed by atoms with Gasteiger partial charge in [0.1, 0.15) is 0 Å². The minimum absolute atomic E-state index is 0.0185. The fourth-order valence-corrected chi connectivity index (χ4v) is 6.62. The number of hydrogen-bond donors (Lipinski definition) is 1. The predicted molar refractivity (Wildman–Crippen MR) is 87.7 cm³/mol. The van der Waals surface area contributed by atoms with Crippen molar-refractivity contribution in [2.24, 2.45) is 23.2 Å². The number of carbonyl (C=O) groups excluding carboxylic acids is 1. The molecule has 124 valence electrons. The summed E-state index contributed by atoms with van der Waals surface area (Å²) in [5.41, 5.74) is 1.22. The number of aromatic amines is 1. The third-order valence-electron chi connectivity index (χ3n) is 7.16. The van der Waals surface area contributed by atoms with Crippen molar-refractivity contribution >= 4 is 5.91 Å². The Morgan fingerprint density at radius 1 is 1.17 bits per heavy atom. The Hall–Kier alpha value is -1.32. The van der Waals surface area contributed by atoms with E-state index in [0.29, 0.717) is 11.8 Å². The first-order valence-corrected chi connectivity index (χ1v) is 9.50. The molecule has 4 heteroatoms. The smallest absolute Gasteiger partial charge is 0.228 e. The molecule has 23 heavy (non-hydrogen) atoms. The quantitative estimate of drug-likeness (QED) is 0.910. The number of likely N-dealkylation sites (tertiary alicyclic amines) is 1. The second kappa shape index (κ2) is 5.09. The van der Waals surface area contributed by atoms with Crippen LogP contribution in [0.4, 0.5) is 0 Å². The van der Waals surface area contributed by atoms with Gasteiger partial charge in [0.05, 0.1) is 5.41 Å². The fourth-order valence-electron chi connectivity index (χ4n) is 6.62. The van der Waals surface area contributed by atoms with E-state index in [1.165, 1.54) is 50.6 Å². The van der Waals surface area contributed by atoms with Crippen molar-refractivity contribution in [3.63, 3.8) is 0 Å². The molecule has 5 fully saturated rings. The van der Waals surface area contributed by atoms with Crippen molar-refractivity contribution in [3.8, 4) is 0 Å². The van der Waals surface area contributed by atoms with Crippen LogP contribution in [0.3, 0.4) is 0 Å². The van der Waals surface area contributed by atoms with Gasteiger partial charge >= 0.3 is 0 Å². The van der Waals surface area contributed by atoms with Crippen LogP contribution in [-0.2, 0) is 4.79 Å². The Morgan fingerprint density at radius 3 is 2.48 bits per heavy atom. The predicted octanol–water partition coefficient (Wildman–Crippen LogP) is 3.33. The van der Waals surface area contributed by atoms with E-state index >= 15 is 0 Å². The third kappa shape index (κ3) is 2.25. The van der Waals surface area contributed by atoms with Crippen LogP contribution in [0.5, 0.6) is 0 Å². The first kappa shape index (κ1) is 14.1. The molecule has 1 aromatic rings. The van der Waals surface area contributed by atoms with Crippen LogP contribution >= 0.6 is 0 Å². The maximum absolute atomic E-state index is 13.5. The number of nitrogens with zero attached hydrogens (tertiary/aromatic N) is 2. The Labute approximate surface area is 138 Å². The topological polar surface area (TPSA) is 49.0 Å². The van der Waals surface area contributed by atoms with Crippen molar-refractivity contribution in [1.29, 1.82) is 0 Å². The molecule has 0 unspecified atom stereocenters. The zero-order valence-corrected chi connectivity index (χ0v) is 13.8. The molecule has 4 bridgehead atoms. The highest BCUT2D eigenvalue weighted by Gasteiger charge is 2.55. The van der Waals surface area contributed by atoms with Crippen molar-refractivity contribution in [2.75, 3.05) is 13.1 Å². The van der Waals surface area contributed by atoms with Crippen LogP contribution in [-0.4, -0.2) is 34.1 Å². The lowest BCUT2D eigenvalue weighted by atomic mass is 9.49. The first-order valence-electron chi connectivity index (χ1n) is 9.50. The Morgan fingerprint density at radius 2 is 1.87 bits per heavy atom. The van der Waals surface area contributed by atoms with Gasteiger partial charge < -0.3 is 4.90 Å². The lowest BCUT2D eigenvalue weighted by molar-refractivity contribution is -0.158. The molecule has 1 aliphatic heterocycles. The monoisotopic (exact) mass is 313 g/mol. The summed E-state index contributed by atoms with van der Waals surface area (Å²) in [6.45, 7) is 1.86. The summed E-state index contributed by atoms with van der Waals surface area (Å²) in [7, 11) is 0. The van der Waals surface area contributed by atoms with Crippen molar-refractivity contribution in [2.45, 2.75) is 57.3 Å². The standard InChI is InChI=1S/C19H27N3O/c23-18(19-9-13-6-14(10-19)8-15(7-13)11-19)22-5-1-2-16(12-22)17-3-4-20-21-17/h3-4,13-16H,1-2,5-12H2,(H,20,21)/t13?,14?,15?,16-,19?/m1/s1. The number of aromatic nitrogens is 2. The molecule has 1 N–H and O–H groups in total. The fraction of sp³-hybridized carbons (Fsp3) is 0.789. The van der Waals surface area contributed by atoms with E-state index in [1.807, 2.05) is 6.20 Å². The van der Waals surface area contributed by atoms with E-state index in [0.717, 1.165) is 37.3 Å². The van der Waals surface area contributed by atoms with Gasteiger partial charge in [-0.1, -0.05) is 0 Å². The van der Waals surface area contributed by atoms with Gasteiger partial charge in [-0.05, 0) is 75.2 Å². The van der Waals surface area contributed by atoms with E-state index in [2.05, 4.69) is 21.2 Å². The molecule has 5 aliphatic rings. The van der Waals surface area contributed by atoms with Gasteiger partial charge in [0, 0.05) is 30.9 Å². The number of amides is 1. The highest BCUT2D eigenvalue weighted by Crippen LogP contribution is 2.60. The summed E-state index contributed by atoms with van der Waals surface area (Å²) in [6.07, 6.45) is 11.9. The average Bonchev–Trinajstić information content (AvgIpc) is 3.07. The summed E-state index contributed by atoms with van der Waals surface area (Å²) >= 11 is 0. The molecular formula is C19H27N3O. The lowest BCUT2D eigenvalue weighted by Gasteiger charge is -2.57. The van der Waals surface area contributed by atoms with Crippen molar-refractivity contribution < 1.29 is 4.79 Å². The molecule has 4 nitrogen and oxygen atoms in total. The average molecular weight is 313 g/mol. The molecule has 1 amide bonds. The molecule has 0 radical (unpaired) electrons. The molecule has 1 saturated heterocycles. The second-order valence-electron chi connectivity index (χ2n) is 8.80. The van der Waals surface area contributed by atoms with Crippen LogP contribution in [0.25, 0.3) is 0 Å². The zero-order valence-electron chi connectivity index (χ0n) is 13.8. The molecule has 0 aromatic carbocycles. The maximum Gasteiger partial charge on any atom is 0.228 e. The highest BCUT2D eigenvalue weighted by molar-refractivity contribution is 5.83. The molecule has 0 spiro atoms. The van der Waals surface area contributed by atoms with E-state index < -0.39 is 0 Å². The number of nitrogens with one attached hydrogen (secondary N) is 1. The molecule has 4 saturated carbocycles. The normalized spacial score (nSPS) is 42.2. The summed E-state index contributed by atoms with van der Waals surface area (Å²) in [5.74, 6) is 3.49. The molecular weight excluding hydrogens is 286 g/mol. The Bertz CT molecular complexity index is 558. The highest BCUT2D eigenvalue weighted by atomic mass is 16.2. The van der Waals surface area contributed by atoms with E-state index in [1.54, 1.807) is 0 Å². The minimum Gasteiger partial charge on any atom is -0.342 e. The van der Waals surface area contributed by atoms with Gasteiger partial charge in [-0.3, -0.25) is 9.89 Å². The van der Waals surface area contributed by atoms with Gasteiger partial charge in [-0.15, -0.1) is 0 Å². The maximum atomic E-state index is 13.5. The van der Waals surface area contributed by atoms with Gasteiger partial charge in [0.2, 0.25) is 5.91 Å². The summed E-state index contributed by atoms with van der Waals surface area (Å²) in [4.78, 5) is 15.7. The third-order valence-corrected chi connectivity index (χ3v) is 7.16. The van der Waals surface area contributed by atoms with E-state index in [-0.39, 0.29) is 5.41 Å². The molecule has 4 aliphatic carbocycles. The number of piperidine rings is 1. The lowest BCUT2D eigenvalue weighted by Crippen LogP contribution is -2.55. The number of H-pyrrole nitrogens is 1. The number of rotatable bonds is 2. The zero-order chi connectivity index (χ0) is 15.4. The van der Waals surface area contributed by atoms with Crippen LogP contribution < -0.4 is 0 Å². The summed E-state index contributed by atoms with van der Waals surface area (Å²) in [6, 6.07) is 2.07. The van der Waals surface area contributed by atoms with Crippen molar-refractivity contribution in [3.05, 3.63) is 18.0 Å². The first-order chi connectivity index (χ1) is 11.2. The van der Waals surface area contributed by atoms with Gasteiger partial charge in [0.15, 0.2) is 0 Å². The molecule has 1 aromatic heterocycles. The Balaban J connectivity index is 1.36. The summed E-state index contributed by atoms with van der Waals surface area (Å²) < 4.78 is 0. The largest absolute Gasteiger partial charge is 0.342 e. The van der Waals surface area contributed by atoms with Crippen LogP contribution in [0.1, 0.15) is 63.0 Å². The SMILES string of the molecule is O=C(N1CCC[C@@H](c2ccn[nH]2)C1)C12CC3CC(CC(C3)C1)C2. The van der Waals surface area contributed by atoms with E-state index in [9.17, 15) is 4.79 Å². The number of carbonyl (C=O) groups is 1.